The largest absolute Gasteiger partial charge is 0.472 e. The van der Waals surface area contributed by atoms with E-state index in [1.807, 2.05) is 9.97 Å². The molecule has 0 spiro atoms. The SMILES string of the molecule is Cc1cn([C@@H]2O[C@H](COP(=O)(O)O[C@H]3[C@@H](O)[C@H](n4ccc(N)nc4=O)O[C@@H]3COP(=O)(O)O[C@H]3[C@@H](O)[C@H](n4cnc5c(N)ncnc54)O[C@@H]3CO)[C@@H](OP(=O)(O)OC[C@H]3O[C@@H](n4ccc(=O)[nH]c4=O)[C@H](OCCCN)[C@@H]3OP(=O)(O)OC[C@H]3O[C@@H](n4ccc(N)nc4=O)[C@H](O)[C@@H]3O)[C@H]2O)c(=O)[nH]c1=O. The van der Waals surface area contributed by atoms with Gasteiger partial charge in [0.05, 0.1) is 39.4 Å². The van der Waals surface area contributed by atoms with Gasteiger partial charge in [0.2, 0.25) is 0 Å². The number of H-pyrrole nitrogens is 2. The van der Waals surface area contributed by atoms with Gasteiger partial charge in [0.1, 0.15) is 115 Å². The number of phosphoric ester groups is 4. The number of hydrogen-bond donors (Lipinski definition) is 16. The average molecular weight is 1560 g/mol. The molecule has 54 heteroatoms. The van der Waals surface area contributed by atoms with Crippen LogP contribution in [0.2, 0.25) is 0 Å². The minimum Gasteiger partial charge on any atom is -0.394 e. The summed E-state index contributed by atoms with van der Waals surface area (Å²) >= 11 is 0. The number of fused-ring (bicyclic) bond motifs is 1. The number of aromatic nitrogens is 12. The standard InChI is InChI=1S/C50H68N16O34P4/c1-19-11-65(50(78)61-41(19)74)44-33(73)36(99-103(83,84)91-16-24-37(38(87-10-2-6-51)46(96-24)64-9-5-27(68)60-49(64)77)100-104(85,86)88-13-21-29(69)30(70)42(93-21)62-7-3-25(52)58-47(62)75)23(95-44)15-90-102(81,82)98-35-22(94-43(32(35)72)63-8-4-26(53)59-48(63)76)14-89-101(79,80)97-34-20(12-67)92-45(31(34)71)66-18-57-28-39(54)55-17-56-40(28)66/h3-5,7-9,11,17-18,20-24,29-38,42-46,67,69-73H,2,6,10,12-16,51H2,1H3,(H,79,80)(H,81,82)(H,83,84)(H,85,86)(H2,52,58,75)(H2,53,59,76)(H2,54,55,56)(H,60,68,77)(H,61,74,78)/t20-,21-,22-,23-,24-,29-,30-,31-,32-,33-,34-,35-,36-,37-,38-,42-,43-,44-,45-,46-/m1/s1. The molecule has 5 aliphatic rings. The molecular formula is C50H68N16O34P4. The van der Waals surface area contributed by atoms with Crippen molar-refractivity contribution in [1.82, 2.24) is 57.7 Å². The van der Waals surface area contributed by atoms with Gasteiger partial charge < -0.3 is 102 Å². The predicted octanol–water partition coefficient (Wildman–Crippen LogP) is -7.48. The van der Waals surface area contributed by atoms with Gasteiger partial charge in [-0.3, -0.25) is 78.6 Å². The molecule has 0 aliphatic carbocycles. The zero-order valence-corrected chi connectivity index (χ0v) is 56.8. The Kier molecular flexibility index (Phi) is 23.6. The van der Waals surface area contributed by atoms with E-state index < -0.39 is 221 Å². The smallest absolute Gasteiger partial charge is 0.394 e. The van der Waals surface area contributed by atoms with Crippen LogP contribution in [0.25, 0.3) is 11.2 Å². The number of rotatable bonds is 30. The van der Waals surface area contributed by atoms with Crippen molar-refractivity contribution in [3.63, 3.8) is 0 Å². The summed E-state index contributed by atoms with van der Waals surface area (Å²) < 4.78 is 138. The molecule has 11 heterocycles. The molecule has 11 rings (SSSR count). The lowest BCUT2D eigenvalue weighted by molar-refractivity contribution is -0.0761. The molecule has 24 atom stereocenters. The van der Waals surface area contributed by atoms with Crippen LogP contribution in [0.3, 0.4) is 0 Å². The van der Waals surface area contributed by atoms with Crippen molar-refractivity contribution in [3.05, 3.63) is 124 Å². The first-order chi connectivity index (χ1) is 49.1. The lowest BCUT2D eigenvalue weighted by Crippen LogP contribution is -2.41. The molecule has 5 fully saturated rings. The Balaban J connectivity index is 0.819. The molecule has 6 aromatic rings. The van der Waals surface area contributed by atoms with Crippen LogP contribution in [0.15, 0.2) is 84.4 Å². The highest BCUT2D eigenvalue weighted by atomic mass is 31.2. The van der Waals surface area contributed by atoms with E-state index in [1.165, 1.54) is 6.92 Å². The Morgan fingerprint density at radius 3 is 1.48 bits per heavy atom. The Morgan fingerprint density at radius 2 is 0.962 bits per heavy atom. The van der Waals surface area contributed by atoms with E-state index in [0.717, 1.165) is 64.8 Å². The molecule has 6 aromatic heterocycles. The Hall–Kier alpha value is -7.01. The van der Waals surface area contributed by atoms with Gasteiger partial charge in [-0.1, -0.05) is 0 Å². The number of aromatic amines is 2. The second-order valence-corrected chi connectivity index (χ2v) is 29.1. The van der Waals surface area contributed by atoms with E-state index in [9.17, 15) is 97.2 Å². The first kappa shape index (κ1) is 78.1. The number of aliphatic hydroxyl groups is 6. The molecule has 572 valence electrons. The fourth-order valence-electron chi connectivity index (χ4n) is 11.5. The highest BCUT2D eigenvalue weighted by Crippen LogP contribution is 2.55. The quantitative estimate of drug-likeness (QED) is 0.0147. The van der Waals surface area contributed by atoms with Crippen molar-refractivity contribution in [1.29, 1.82) is 0 Å². The van der Waals surface area contributed by atoms with Gasteiger partial charge in [-0.05, 0) is 32.0 Å². The van der Waals surface area contributed by atoms with Crippen LogP contribution in [0.1, 0.15) is 43.1 Å². The Bertz CT molecular complexity index is 4680. The predicted molar refractivity (Wildman–Crippen MR) is 336 cm³/mol. The fraction of sp³-hybridized carbons (Fsp3) is 0.580. The summed E-state index contributed by atoms with van der Waals surface area (Å²) in [5.74, 6) is -0.595. The van der Waals surface area contributed by atoms with Crippen LogP contribution >= 0.6 is 31.3 Å². The second kappa shape index (κ2) is 31.4. The maximum absolute atomic E-state index is 14.3. The number of aliphatic hydroxyl groups excluding tert-OH is 6. The van der Waals surface area contributed by atoms with Crippen LogP contribution in [0, 0.1) is 6.92 Å². The summed E-state index contributed by atoms with van der Waals surface area (Å²) in [6, 6.07) is 3.08. The zero-order valence-electron chi connectivity index (χ0n) is 53.2. The number of nitrogen functional groups attached to an aromatic ring is 3. The molecule has 104 heavy (non-hydrogen) atoms. The molecule has 0 saturated carbocycles. The zero-order chi connectivity index (χ0) is 75.2. The number of hydrogen-bond acceptors (Lipinski definition) is 39. The lowest BCUT2D eigenvalue weighted by atomic mass is 10.1. The summed E-state index contributed by atoms with van der Waals surface area (Å²) in [7, 11) is -23.0. The number of nitrogens with one attached hydrogen (secondary N) is 2. The maximum Gasteiger partial charge on any atom is 0.472 e. The molecule has 4 unspecified atom stereocenters. The van der Waals surface area contributed by atoms with Crippen molar-refractivity contribution in [2.24, 2.45) is 5.73 Å². The molecule has 50 nitrogen and oxygen atoms in total. The summed E-state index contributed by atoms with van der Waals surface area (Å²) in [5.41, 5.74) is 16.2. The Labute approximate surface area is 578 Å². The topological polar surface area (TPSA) is 727 Å². The number of nitrogens with two attached hydrogens (primary N) is 4. The van der Waals surface area contributed by atoms with E-state index in [0.29, 0.717) is 13.7 Å². The van der Waals surface area contributed by atoms with Crippen molar-refractivity contribution >= 4 is 59.9 Å². The van der Waals surface area contributed by atoms with Gasteiger partial charge >= 0.3 is 54.0 Å². The summed E-state index contributed by atoms with van der Waals surface area (Å²) in [5, 5.41) is 66.8. The van der Waals surface area contributed by atoms with Crippen LogP contribution in [-0.2, 0) is 82.9 Å². The summed E-state index contributed by atoms with van der Waals surface area (Å²) in [4.78, 5) is 145. The number of aryl methyl sites for hydroxylation is 1. The van der Waals surface area contributed by atoms with Crippen LogP contribution in [-0.4, -0.2) is 246 Å². The van der Waals surface area contributed by atoms with Gasteiger partial charge in [0, 0.05) is 43.0 Å². The average Bonchev–Trinajstić information content (AvgIpc) is 1.61. The minimum absolute atomic E-state index is 0.0301. The molecule has 0 bridgehead atoms. The summed E-state index contributed by atoms with van der Waals surface area (Å²) in [6.07, 6.45) is -33.2. The minimum atomic E-state index is -5.92. The third-order valence-corrected chi connectivity index (χ3v) is 20.4. The van der Waals surface area contributed by atoms with Crippen molar-refractivity contribution < 1.29 is 133 Å². The third kappa shape index (κ3) is 17.0. The molecular weight excluding hydrogens is 1490 g/mol. The maximum atomic E-state index is 14.3. The fourth-order valence-corrected chi connectivity index (χ4v) is 15.4. The normalized spacial score (nSPS) is 32.3. The van der Waals surface area contributed by atoms with Gasteiger partial charge in [0.25, 0.3) is 11.1 Å². The highest BCUT2D eigenvalue weighted by Gasteiger charge is 2.57. The van der Waals surface area contributed by atoms with Crippen LogP contribution in [0.4, 0.5) is 17.5 Å². The molecule has 5 saturated heterocycles. The van der Waals surface area contributed by atoms with E-state index in [-0.39, 0.29) is 53.8 Å². The monoisotopic (exact) mass is 1560 g/mol. The number of anilines is 3. The van der Waals surface area contributed by atoms with Gasteiger partial charge in [-0.15, -0.1) is 0 Å². The number of nitrogens with zero attached hydrogens (tertiary/aromatic N) is 10. The highest BCUT2D eigenvalue weighted by molar-refractivity contribution is 7.48. The first-order valence-corrected chi connectivity index (χ1v) is 36.5. The van der Waals surface area contributed by atoms with Gasteiger partial charge in [0.15, 0.2) is 42.6 Å². The van der Waals surface area contributed by atoms with Crippen LogP contribution in [0.5, 0.6) is 0 Å². The third-order valence-electron chi connectivity index (χ3n) is 16.5. The van der Waals surface area contributed by atoms with Crippen molar-refractivity contribution in [2.45, 2.75) is 136 Å². The molecule has 5 aliphatic heterocycles. The second-order valence-electron chi connectivity index (χ2n) is 23.4. The van der Waals surface area contributed by atoms with E-state index in [1.54, 1.807) is 0 Å². The number of imidazole rings is 1. The van der Waals surface area contributed by atoms with Crippen LogP contribution < -0.4 is 56.8 Å². The van der Waals surface area contributed by atoms with Gasteiger partial charge in [-0.25, -0.2) is 52.4 Å². The van der Waals surface area contributed by atoms with Crippen molar-refractivity contribution in [3.8, 4) is 0 Å². The lowest BCUT2D eigenvalue weighted by Gasteiger charge is -2.28. The molecule has 0 amide bonds. The molecule has 0 radical (unpaired) electrons. The number of phosphoric acid groups is 4. The van der Waals surface area contributed by atoms with Gasteiger partial charge in [-0.2, -0.15) is 9.97 Å². The van der Waals surface area contributed by atoms with E-state index in [2.05, 4.69) is 24.9 Å². The molecule has 20 N–H and O–H groups in total. The van der Waals surface area contributed by atoms with E-state index >= 15 is 0 Å². The summed E-state index contributed by atoms with van der Waals surface area (Å²) in [6.45, 7) is -5.19. The van der Waals surface area contributed by atoms with E-state index in [4.69, 9.17) is 87.5 Å². The van der Waals surface area contributed by atoms with Crippen molar-refractivity contribution in [2.75, 3.05) is 63.4 Å². The molecule has 0 aromatic carbocycles. The first-order valence-electron chi connectivity index (χ1n) is 30.6. The number of ether oxygens (including phenoxy) is 6. The Morgan fingerprint density at radius 1 is 0.519 bits per heavy atom.